The summed E-state index contributed by atoms with van der Waals surface area (Å²) in [6.07, 6.45) is 2.10. The fraction of sp³-hybridized carbons (Fsp3) is 0.185. The van der Waals surface area contributed by atoms with E-state index in [0.717, 1.165) is 34.6 Å². The van der Waals surface area contributed by atoms with Gasteiger partial charge < -0.3 is 14.6 Å². The molecule has 180 valence electrons. The molecule has 0 saturated carbocycles. The van der Waals surface area contributed by atoms with Crippen molar-refractivity contribution in [3.05, 3.63) is 94.1 Å². The molecule has 0 aliphatic carbocycles. The second-order valence-corrected chi connectivity index (χ2v) is 9.71. The summed E-state index contributed by atoms with van der Waals surface area (Å²) in [5.74, 6) is 1.61. The second-order valence-electron chi connectivity index (χ2n) is 7.82. The summed E-state index contributed by atoms with van der Waals surface area (Å²) >= 11 is 13.8. The van der Waals surface area contributed by atoms with Crippen molar-refractivity contribution in [2.75, 3.05) is 11.9 Å². The molecule has 0 spiro atoms. The fourth-order valence-corrected chi connectivity index (χ4v) is 4.81. The van der Waals surface area contributed by atoms with Gasteiger partial charge in [0.25, 0.3) is 5.91 Å². The van der Waals surface area contributed by atoms with Gasteiger partial charge in [0.1, 0.15) is 5.75 Å². The highest BCUT2D eigenvalue weighted by Crippen LogP contribution is 2.32. The van der Waals surface area contributed by atoms with Crippen molar-refractivity contribution in [1.82, 2.24) is 5.16 Å². The zero-order valence-corrected chi connectivity index (χ0v) is 21.4. The number of amides is 1. The number of rotatable bonds is 10. The third-order valence-electron chi connectivity index (χ3n) is 5.10. The number of thioether (sulfide) groups is 1. The smallest absolute Gasteiger partial charge is 0.277 e. The lowest BCUT2D eigenvalue weighted by molar-refractivity contribution is 0.101. The molecule has 5 nitrogen and oxygen atoms in total. The Balaban J connectivity index is 1.41. The molecule has 3 aromatic carbocycles. The van der Waals surface area contributed by atoms with Crippen LogP contribution in [0, 0.1) is 0 Å². The van der Waals surface area contributed by atoms with Crippen LogP contribution in [0.4, 0.5) is 5.69 Å². The van der Waals surface area contributed by atoms with E-state index in [2.05, 4.69) is 17.4 Å². The predicted molar refractivity (Wildman–Crippen MR) is 143 cm³/mol. The molecule has 0 atom stereocenters. The first-order valence-corrected chi connectivity index (χ1v) is 12.9. The van der Waals surface area contributed by atoms with Crippen molar-refractivity contribution in [2.45, 2.75) is 30.4 Å². The number of hydrogen-bond donors (Lipinski definition) is 1. The zero-order chi connectivity index (χ0) is 24.6. The number of para-hydroxylation sites is 1. The van der Waals surface area contributed by atoms with Gasteiger partial charge in [-0.3, -0.25) is 4.79 Å². The number of ether oxygens (including phenoxy) is 1. The van der Waals surface area contributed by atoms with Crippen LogP contribution in [0.25, 0.3) is 11.3 Å². The van der Waals surface area contributed by atoms with Crippen LogP contribution in [0.5, 0.6) is 5.75 Å². The van der Waals surface area contributed by atoms with E-state index in [9.17, 15) is 4.79 Å². The summed E-state index contributed by atoms with van der Waals surface area (Å²) in [4.78, 5) is 13.8. The van der Waals surface area contributed by atoms with Crippen LogP contribution in [-0.2, 0) is 5.75 Å². The molecule has 0 saturated heterocycles. The molecule has 0 radical (unpaired) electrons. The van der Waals surface area contributed by atoms with Gasteiger partial charge in [0.15, 0.2) is 11.5 Å². The molecule has 1 N–H and O–H groups in total. The number of aromatic nitrogens is 1. The van der Waals surface area contributed by atoms with E-state index < -0.39 is 0 Å². The van der Waals surface area contributed by atoms with E-state index in [4.69, 9.17) is 32.5 Å². The van der Waals surface area contributed by atoms with Gasteiger partial charge >= 0.3 is 0 Å². The standard InChI is InChI=1S/C27H24Cl2N2O3S/c1-2-3-12-33-22-10-8-19(9-11-22)25-16-24(31-34-25)27(32)30-23-6-4-5-7-26(23)35-17-18-13-20(28)15-21(29)14-18/h4-11,13-16H,2-3,12,17H2,1H3,(H,30,32). The highest BCUT2D eigenvalue weighted by atomic mass is 35.5. The Labute approximate surface area is 218 Å². The van der Waals surface area contributed by atoms with E-state index in [1.54, 1.807) is 23.9 Å². The molecule has 35 heavy (non-hydrogen) atoms. The fourth-order valence-electron chi connectivity index (χ4n) is 3.31. The van der Waals surface area contributed by atoms with Gasteiger partial charge in [0.05, 0.1) is 12.3 Å². The molecule has 0 fully saturated rings. The van der Waals surface area contributed by atoms with Crippen LogP contribution in [0.2, 0.25) is 10.0 Å². The number of benzene rings is 3. The SMILES string of the molecule is CCCCOc1ccc(-c2cc(C(=O)Nc3ccccc3SCc3cc(Cl)cc(Cl)c3)no2)cc1. The Kier molecular flexibility index (Phi) is 8.74. The van der Waals surface area contributed by atoms with Crippen molar-refractivity contribution in [1.29, 1.82) is 0 Å². The molecule has 1 amide bonds. The molecule has 0 aliphatic rings. The van der Waals surface area contributed by atoms with E-state index in [0.29, 0.717) is 33.9 Å². The number of halogens is 2. The molecule has 1 aromatic heterocycles. The summed E-state index contributed by atoms with van der Waals surface area (Å²) in [6, 6.07) is 22.2. The van der Waals surface area contributed by atoms with Gasteiger partial charge in [-0.05, 0) is 66.6 Å². The topological polar surface area (TPSA) is 64.4 Å². The van der Waals surface area contributed by atoms with Gasteiger partial charge in [-0.25, -0.2) is 0 Å². The Bertz CT molecular complexity index is 1270. The lowest BCUT2D eigenvalue weighted by Gasteiger charge is -2.10. The summed E-state index contributed by atoms with van der Waals surface area (Å²) < 4.78 is 11.1. The van der Waals surface area contributed by atoms with Crippen molar-refractivity contribution in [2.24, 2.45) is 0 Å². The van der Waals surface area contributed by atoms with Crippen molar-refractivity contribution >= 4 is 46.6 Å². The van der Waals surface area contributed by atoms with E-state index in [1.165, 1.54) is 0 Å². The average molecular weight is 527 g/mol. The maximum atomic E-state index is 12.9. The van der Waals surface area contributed by atoms with Crippen LogP contribution in [0.1, 0.15) is 35.8 Å². The number of hydrogen-bond acceptors (Lipinski definition) is 5. The number of carbonyl (C=O) groups excluding carboxylic acids is 1. The van der Waals surface area contributed by atoms with Crippen molar-refractivity contribution < 1.29 is 14.1 Å². The Hall–Kier alpha value is -2.93. The van der Waals surface area contributed by atoms with Crippen LogP contribution in [0.15, 0.2) is 82.2 Å². The summed E-state index contributed by atoms with van der Waals surface area (Å²) in [5, 5.41) is 8.08. The molecular formula is C27H24Cl2N2O3S. The Morgan fingerprint density at radius 2 is 1.77 bits per heavy atom. The van der Waals surface area contributed by atoms with Crippen LogP contribution >= 0.6 is 35.0 Å². The first kappa shape index (κ1) is 25.2. The molecule has 0 bridgehead atoms. The molecule has 0 unspecified atom stereocenters. The van der Waals surface area contributed by atoms with Crippen LogP contribution in [0.3, 0.4) is 0 Å². The van der Waals surface area contributed by atoms with Crippen molar-refractivity contribution in [3.8, 4) is 17.1 Å². The number of nitrogens with one attached hydrogen (secondary N) is 1. The Morgan fingerprint density at radius 3 is 2.51 bits per heavy atom. The highest BCUT2D eigenvalue weighted by Gasteiger charge is 2.16. The van der Waals surface area contributed by atoms with Gasteiger partial charge in [0.2, 0.25) is 0 Å². The molecule has 0 aliphatic heterocycles. The number of unbranched alkanes of at least 4 members (excludes halogenated alkanes) is 1. The quantitative estimate of drug-likeness (QED) is 0.166. The molecular weight excluding hydrogens is 503 g/mol. The number of carbonyl (C=O) groups is 1. The van der Waals surface area contributed by atoms with E-state index in [1.807, 2.05) is 60.7 Å². The average Bonchev–Trinajstić information content (AvgIpc) is 3.34. The predicted octanol–water partition coefficient (Wildman–Crippen LogP) is 8.37. The first-order chi connectivity index (χ1) is 17.0. The van der Waals surface area contributed by atoms with Crippen LogP contribution in [-0.4, -0.2) is 17.7 Å². The highest BCUT2D eigenvalue weighted by molar-refractivity contribution is 7.98. The maximum absolute atomic E-state index is 12.9. The molecule has 4 rings (SSSR count). The van der Waals surface area contributed by atoms with Gasteiger partial charge in [0, 0.05) is 32.3 Å². The summed E-state index contributed by atoms with van der Waals surface area (Å²) in [6.45, 7) is 2.81. The maximum Gasteiger partial charge on any atom is 0.277 e. The van der Waals surface area contributed by atoms with Crippen LogP contribution < -0.4 is 10.1 Å². The van der Waals surface area contributed by atoms with Crippen molar-refractivity contribution in [3.63, 3.8) is 0 Å². The largest absolute Gasteiger partial charge is 0.494 e. The summed E-state index contributed by atoms with van der Waals surface area (Å²) in [5.41, 5.74) is 2.70. The minimum atomic E-state index is -0.349. The van der Waals surface area contributed by atoms with E-state index in [-0.39, 0.29) is 11.6 Å². The normalized spacial score (nSPS) is 10.8. The van der Waals surface area contributed by atoms with Gasteiger partial charge in [-0.15, -0.1) is 11.8 Å². The molecule has 1 heterocycles. The minimum absolute atomic E-state index is 0.199. The third kappa shape index (κ3) is 7.04. The number of anilines is 1. The zero-order valence-electron chi connectivity index (χ0n) is 19.1. The second kappa shape index (κ2) is 12.2. The molecule has 4 aromatic rings. The van der Waals surface area contributed by atoms with E-state index >= 15 is 0 Å². The molecule has 8 heteroatoms. The minimum Gasteiger partial charge on any atom is -0.494 e. The van der Waals surface area contributed by atoms with Gasteiger partial charge in [-0.1, -0.05) is 53.8 Å². The van der Waals surface area contributed by atoms with Gasteiger partial charge in [-0.2, -0.15) is 0 Å². The summed E-state index contributed by atoms with van der Waals surface area (Å²) in [7, 11) is 0. The first-order valence-electron chi connectivity index (χ1n) is 11.2. The monoisotopic (exact) mass is 526 g/mol. The lowest BCUT2D eigenvalue weighted by atomic mass is 10.1. The lowest BCUT2D eigenvalue weighted by Crippen LogP contribution is -2.12. The number of nitrogens with zero attached hydrogens (tertiary/aromatic N) is 1. The third-order valence-corrected chi connectivity index (χ3v) is 6.68. The Morgan fingerprint density at radius 1 is 1.03 bits per heavy atom.